The molecule has 2 amide bonds. The summed E-state index contributed by atoms with van der Waals surface area (Å²) in [6, 6.07) is 10.1. The predicted molar refractivity (Wildman–Crippen MR) is 137 cm³/mol. The number of nitrogens with one attached hydrogen (secondary N) is 2. The Bertz CT molecular complexity index is 1030. The van der Waals surface area contributed by atoms with Crippen molar-refractivity contribution in [1.82, 2.24) is 0 Å². The molecule has 2 N–H and O–H groups in total. The second kappa shape index (κ2) is 14.3. The topological polar surface area (TPSA) is 111 Å². The molecule has 0 aromatic heterocycles. The van der Waals surface area contributed by atoms with E-state index in [2.05, 4.69) is 26.6 Å². The number of esters is 2. The lowest BCUT2D eigenvalue weighted by Gasteiger charge is -2.10. The fourth-order valence-corrected chi connectivity index (χ4v) is 3.36. The first kappa shape index (κ1) is 28.0. The van der Waals surface area contributed by atoms with Gasteiger partial charge in [-0.05, 0) is 74.2 Å². The quantitative estimate of drug-likeness (QED) is 0.275. The first-order chi connectivity index (χ1) is 16.7. The van der Waals surface area contributed by atoms with Crippen LogP contribution >= 0.6 is 15.9 Å². The fraction of sp³-hybridized carbons (Fsp3) is 0.385. The molecule has 0 fully saturated rings. The van der Waals surface area contributed by atoms with Gasteiger partial charge in [0.2, 0.25) is 5.91 Å². The maximum atomic E-state index is 12.1. The van der Waals surface area contributed by atoms with Gasteiger partial charge in [0, 0.05) is 28.7 Å². The molecular weight excluding hydrogens is 516 g/mol. The highest BCUT2D eigenvalue weighted by molar-refractivity contribution is 9.10. The number of carbonyl (C=O) groups is 4. The Kier molecular flexibility index (Phi) is 11.4. The lowest BCUT2D eigenvalue weighted by Crippen LogP contribution is -2.21. The summed E-state index contributed by atoms with van der Waals surface area (Å²) < 4.78 is 11.1. The van der Waals surface area contributed by atoms with Gasteiger partial charge in [-0.1, -0.05) is 29.3 Å². The van der Waals surface area contributed by atoms with Crippen LogP contribution in [0.2, 0.25) is 0 Å². The average molecular weight is 547 g/mol. The number of benzene rings is 2. The number of hydrogen-bond acceptors (Lipinski definition) is 6. The van der Waals surface area contributed by atoms with Crippen LogP contribution in [0, 0.1) is 13.8 Å². The van der Waals surface area contributed by atoms with Crippen molar-refractivity contribution >= 4 is 51.1 Å². The number of aryl methyl sites for hydroxylation is 2. The number of hydrogen-bond donors (Lipinski definition) is 2. The van der Waals surface area contributed by atoms with Crippen LogP contribution in [0.1, 0.15) is 60.5 Å². The number of ether oxygens (including phenoxy) is 2. The Hall–Kier alpha value is -3.20. The molecule has 0 spiro atoms. The van der Waals surface area contributed by atoms with E-state index in [-0.39, 0.29) is 25.2 Å². The molecule has 2 aromatic carbocycles. The van der Waals surface area contributed by atoms with Crippen LogP contribution in [0.3, 0.4) is 0 Å². The standard InChI is InChI=1S/C26H31BrN2O6/c1-4-5-13-34-26(33)19-9-11-20(12-10-19)28-22(30)7-6-8-24(32)35-16-23(31)29-21-14-17(2)25(27)18(3)15-21/h9-12,14-15H,4-8,13,16H2,1-3H3,(H,28,30)(H,29,31). The van der Waals surface area contributed by atoms with Crippen molar-refractivity contribution < 1.29 is 28.7 Å². The van der Waals surface area contributed by atoms with E-state index in [1.54, 1.807) is 24.3 Å². The van der Waals surface area contributed by atoms with Gasteiger partial charge in [-0.25, -0.2) is 4.79 Å². The van der Waals surface area contributed by atoms with Crippen LogP contribution in [0.5, 0.6) is 0 Å². The highest BCUT2D eigenvalue weighted by Gasteiger charge is 2.12. The van der Waals surface area contributed by atoms with Gasteiger partial charge in [0.05, 0.1) is 12.2 Å². The Labute approximate surface area is 213 Å². The first-order valence-electron chi connectivity index (χ1n) is 11.5. The summed E-state index contributed by atoms with van der Waals surface area (Å²) in [7, 11) is 0. The van der Waals surface area contributed by atoms with E-state index in [1.807, 2.05) is 32.9 Å². The molecule has 2 rings (SSSR count). The zero-order valence-electron chi connectivity index (χ0n) is 20.2. The van der Waals surface area contributed by atoms with Gasteiger partial charge in [-0.15, -0.1) is 0 Å². The number of rotatable bonds is 12. The summed E-state index contributed by atoms with van der Waals surface area (Å²) >= 11 is 3.47. The molecule has 0 saturated heterocycles. The Morgan fingerprint density at radius 3 is 2.09 bits per heavy atom. The molecule has 0 heterocycles. The predicted octanol–water partition coefficient (Wildman–Crippen LogP) is 5.31. The third kappa shape index (κ3) is 9.90. The van der Waals surface area contributed by atoms with E-state index >= 15 is 0 Å². The maximum absolute atomic E-state index is 12.1. The van der Waals surface area contributed by atoms with Gasteiger partial charge in [0.1, 0.15) is 0 Å². The summed E-state index contributed by atoms with van der Waals surface area (Å²) in [4.78, 5) is 48.0. The number of carbonyl (C=O) groups excluding carboxylic acids is 4. The van der Waals surface area contributed by atoms with Crippen molar-refractivity contribution in [2.24, 2.45) is 0 Å². The van der Waals surface area contributed by atoms with Crippen molar-refractivity contribution in [3.8, 4) is 0 Å². The van der Waals surface area contributed by atoms with Crippen LogP contribution in [0.15, 0.2) is 40.9 Å². The Balaban J connectivity index is 1.66. The van der Waals surface area contributed by atoms with Crippen LogP contribution < -0.4 is 10.6 Å². The fourth-order valence-electron chi connectivity index (χ4n) is 3.13. The zero-order chi connectivity index (χ0) is 25.8. The maximum Gasteiger partial charge on any atom is 0.338 e. The van der Waals surface area contributed by atoms with E-state index in [9.17, 15) is 19.2 Å². The minimum Gasteiger partial charge on any atom is -0.462 e. The minimum atomic E-state index is -0.554. The minimum absolute atomic E-state index is 0.0136. The molecule has 0 unspecified atom stereocenters. The summed E-state index contributed by atoms with van der Waals surface area (Å²) in [5, 5.41) is 5.42. The highest BCUT2D eigenvalue weighted by atomic mass is 79.9. The van der Waals surface area contributed by atoms with E-state index in [4.69, 9.17) is 9.47 Å². The molecule has 188 valence electrons. The van der Waals surface area contributed by atoms with Gasteiger partial charge in [0.15, 0.2) is 6.61 Å². The summed E-state index contributed by atoms with van der Waals surface area (Å²) in [6.07, 6.45) is 2.15. The second-order valence-electron chi connectivity index (χ2n) is 8.10. The van der Waals surface area contributed by atoms with Crippen molar-refractivity contribution in [2.75, 3.05) is 23.8 Å². The molecule has 0 saturated carbocycles. The number of unbranched alkanes of at least 4 members (excludes halogenated alkanes) is 1. The molecule has 0 bridgehead atoms. The molecule has 2 aromatic rings. The molecule has 0 atom stereocenters. The number of amides is 2. The molecule has 0 radical (unpaired) electrons. The van der Waals surface area contributed by atoms with Gasteiger partial charge >= 0.3 is 11.9 Å². The van der Waals surface area contributed by atoms with E-state index in [0.717, 1.165) is 28.4 Å². The number of anilines is 2. The van der Waals surface area contributed by atoms with Crippen molar-refractivity contribution in [1.29, 1.82) is 0 Å². The van der Waals surface area contributed by atoms with Crippen molar-refractivity contribution in [3.05, 3.63) is 57.6 Å². The van der Waals surface area contributed by atoms with Crippen LogP contribution in [0.25, 0.3) is 0 Å². The zero-order valence-corrected chi connectivity index (χ0v) is 21.8. The second-order valence-corrected chi connectivity index (χ2v) is 8.89. The third-order valence-corrected chi connectivity index (χ3v) is 6.26. The summed E-state index contributed by atoms with van der Waals surface area (Å²) in [6.45, 7) is 5.84. The monoisotopic (exact) mass is 546 g/mol. The van der Waals surface area contributed by atoms with Crippen LogP contribution in [-0.2, 0) is 23.9 Å². The van der Waals surface area contributed by atoms with Crippen molar-refractivity contribution in [3.63, 3.8) is 0 Å². The lowest BCUT2D eigenvalue weighted by atomic mass is 10.1. The molecule has 8 nitrogen and oxygen atoms in total. The van der Waals surface area contributed by atoms with E-state index in [1.165, 1.54) is 0 Å². The third-order valence-electron chi connectivity index (χ3n) is 5.00. The Morgan fingerprint density at radius 1 is 0.829 bits per heavy atom. The van der Waals surface area contributed by atoms with Crippen LogP contribution in [-0.4, -0.2) is 37.0 Å². The average Bonchev–Trinajstić information content (AvgIpc) is 2.81. The molecule has 0 aliphatic carbocycles. The smallest absolute Gasteiger partial charge is 0.338 e. The summed E-state index contributed by atoms with van der Waals surface area (Å²) in [5.74, 6) is -1.66. The van der Waals surface area contributed by atoms with Gasteiger partial charge < -0.3 is 20.1 Å². The molecular formula is C26H31BrN2O6. The first-order valence-corrected chi connectivity index (χ1v) is 12.3. The molecule has 0 aliphatic rings. The summed E-state index contributed by atoms with van der Waals surface area (Å²) in [5.41, 5.74) is 3.55. The van der Waals surface area contributed by atoms with E-state index in [0.29, 0.717) is 23.5 Å². The van der Waals surface area contributed by atoms with Gasteiger partial charge in [0.25, 0.3) is 5.91 Å². The normalized spacial score (nSPS) is 10.4. The van der Waals surface area contributed by atoms with Gasteiger partial charge in [-0.2, -0.15) is 0 Å². The molecule has 0 aliphatic heterocycles. The van der Waals surface area contributed by atoms with Gasteiger partial charge in [-0.3, -0.25) is 14.4 Å². The molecule has 35 heavy (non-hydrogen) atoms. The van der Waals surface area contributed by atoms with E-state index < -0.39 is 24.5 Å². The van der Waals surface area contributed by atoms with Crippen LogP contribution in [0.4, 0.5) is 11.4 Å². The SMILES string of the molecule is CCCCOC(=O)c1ccc(NC(=O)CCCC(=O)OCC(=O)Nc2cc(C)c(Br)c(C)c2)cc1. The van der Waals surface area contributed by atoms with Crippen molar-refractivity contribution in [2.45, 2.75) is 52.9 Å². The number of halogens is 1. The molecule has 9 heteroatoms. The largest absolute Gasteiger partial charge is 0.462 e. The highest BCUT2D eigenvalue weighted by Crippen LogP contribution is 2.25. The lowest BCUT2D eigenvalue weighted by molar-refractivity contribution is -0.147. The Morgan fingerprint density at radius 2 is 1.46 bits per heavy atom.